The second-order valence-electron chi connectivity index (χ2n) is 6.35. The van der Waals surface area contributed by atoms with Crippen molar-refractivity contribution in [3.63, 3.8) is 0 Å². The summed E-state index contributed by atoms with van der Waals surface area (Å²) in [6, 6.07) is 17.9. The Balaban J connectivity index is 1.49. The van der Waals surface area contributed by atoms with Crippen LogP contribution in [0.15, 0.2) is 60.7 Å². The molecule has 1 aliphatic rings. The van der Waals surface area contributed by atoms with E-state index in [2.05, 4.69) is 15.5 Å². The Kier molecular flexibility index (Phi) is 4.51. The Hall–Kier alpha value is -2.97. The number of nitrogens with one attached hydrogen (secondary N) is 2. The van der Waals surface area contributed by atoms with Crippen LogP contribution >= 0.6 is 0 Å². The first-order chi connectivity index (χ1) is 13.0. The fourth-order valence-electron chi connectivity index (χ4n) is 3.05. The number of anilines is 1. The molecule has 0 saturated heterocycles. The summed E-state index contributed by atoms with van der Waals surface area (Å²) in [5.41, 5.74) is 2.60. The number of hydrogen-bond acceptors (Lipinski definition) is 4. The third-order valence-corrected chi connectivity index (χ3v) is 6.22. The predicted molar refractivity (Wildman–Crippen MR) is 101 cm³/mol. The van der Waals surface area contributed by atoms with Gasteiger partial charge < -0.3 is 5.32 Å². The fourth-order valence-corrected chi connectivity index (χ4v) is 4.50. The molecule has 4 rings (SSSR count). The van der Waals surface area contributed by atoms with E-state index in [0.29, 0.717) is 22.6 Å². The van der Waals surface area contributed by atoms with E-state index in [0.717, 1.165) is 5.56 Å². The number of amides is 1. The molecule has 0 spiro atoms. The molecule has 0 radical (unpaired) electrons. The molecule has 0 fully saturated rings. The molecule has 1 aromatic heterocycles. The Labute approximate surface area is 157 Å². The Morgan fingerprint density at radius 2 is 1.70 bits per heavy atom. The highest BCUT2D eigenvalue weighted by atomic mass is 32.2. The van der Waals surface area contributed by atoms with Crippen LogP contribution in [0.4, 0.5) is 5.82 Å². The maximum absolute atomic E-state index is 12.7. The normalized spacial score (nSPS) is 14.1. The molecule has 3 aromatic rings. The maximum atomic E-state index is 12.7. The average molecular weight is 382 g/mol. The van der Waals surface area contributed by atoms with E-state index in [1.807, 2.05) is 24.3 Å². The molecule has 0 aliphatic carbocycles. The van der Waals surface area contributed by atoms with Gasteiger partial charge in [0, 0.05) is 17.7 Å². The van der Waals surface area contributed by atoms with Gasteiger partial charge in [-0.15, -0.1) is 0 Å². The highest BCUT2D eigenvalue weighted by Crippen LogP contribution is 2.30. The molecule has 27 heavy (non-hydrogen) atoms. The standard InChI is InChI=1S/C19H18N4O3S/c24-19(15-9-5-2-6-10-15)20-18-16-11-23(12-17(16)21-22-18)27(25,26)13-14-7-3-1-4-8-14/h1-10H,11-13H2,(H2,20,21,22,24). The summed E-state index contributed by atoms with van der Waals surface area (Å²) in [7, 11) is -3.48. The number of fused-ring (bicyclic) bond motifs is 1. The smallest absolute Gasteiger partial charge is 0.256 e. The van der Waals surface area contributed by atoms with Crippen molar-refractivity contribution in [2.24, 2.45) is 0 Å². The van der Waals surface area contributed by atoms with Crippen LogP contribution in [0.25, 0.3) is 0 Å². The highest BCUT2D eigenvalue weighted by Gasteiger charge is 2.33. The van der Waals surface area contributed by atoms with Gasteiger partial charge in [-0.1, -0.05) is 48.5 Å². The lowest BCUT2D eigenvalue weighted by Gasteiger charge is -2.16. The maximum Gasteiger partial charge on any atom is 0.256 e. The molecule has 2 heterocycles. The van der Waals surface area contributed by atoms with Gasteiger partial charge in [-0.25, -0.2) is 8.42 Å². The van der Waals surface area contributed by atoms with Crippen LogP contribution in [0.2, 0.25) is 0 Å². The first-order valence-electron chi connectivity index (χ1n) is 8.47. The molecule has 0 unspecified atom stereocenters. The monoisotopic (exact) mass is 382 g/mol. The summed E-state index contributed by atoms with van der Waals surface area (Å²) < 4.78 is 26.8. The molecule has 8 heteroatoms. The second kappa shape index (κ2) is 6.98. The Morgan fingerprint density at radius 3 is 2.41 bits per heavy atom. The number of benzene rings is 2. The van der Waals surface area contributed by atoms with Crippen LogP contribution in [0.5, 0.6) is 0 Å². The van der Waals surface area contributed by atoms with Gasteiger partial charge in [-0.05, 0) is 17.7 Å². The lowest BCUT2D eigenvalue weighted by molar-refractivity contribution is 0.102. The van der Waals surface area contributed by atoms with E-state index in [4.69, 9.17) is 0 Å². The Bertz CT molecular complexity index is 1060. The lowest BCUT2D eigenvalue weighted by Crippen LogP contribution is -2.27. The number of nitrogens with zero attached hydrogens (tertiary/aromatic N) is 2. The summed E-state index contributed by atoms with van der Waals surface area (Å²) in [6.45, 7) is 0.383. The second-order valence-corrected chi connectivity index (χ2v) is 8.32. The van der Waals surface area contributed by atoms with Crippen LogP contribution in [0, 0.1) is 0 Å². The van der Waals surface area contributed by atoms with Crippen LogP contribution in [0.1, 0.15) is 27.2 Å². The van der Waals surface area contributed by atoms with E-state index in [1.165, 1.54) is 4.31 Å². The number of rotatable bonds is 5. The first kappa shape index (κ1) is 17.4. The zero-order valence-corrected chi connectivity index (χ0v) is 15.2. The minimum Gasteiger partial charge on any atom is -0.307 e. The first-order valence-corrected chi connectivity index (χ1v) is 10.1. The molecular weight excluding hydrogens is 364 g/mol. The van der Waals surface area contributed by atoms with Crippen LogP contribution < -0.4 is 5.32 Å². The van der Waals surface area contributed by atoms with Gasteiger partial charge in [0.1, 0.15) is 5.82 Å². The summed E-state index contributed by atoms with van der Waals surface area (Å²) in [4.78, 5) is 12.3. The number of aromatic amines is 1. The van der Waals surface area contributed by atoms with Crippen LogP contribution in [-0.2, 0) is 28.9 Å². The number of carbonyl (C=O) groups excluding carboxylic acids is 1. The van der Waals surface area contributed by atoms with E-state index >= 15 is 0 Å². The van der Waals surface area contributed by atoms with Gasteiger partial charge in [0.05, 0.1) is 18.0 Å². The number of H-pyrrole nitrogens is 1. The van der Waals surface area contributed by atoms with Crippen molar-refractivity contribution in [1.82, 2.24) is 14.5 Å². The molecule has 1 aliphatic heterocycles. The third kappa shape index (κ3) is 3.62. The quantitative estimate of drug-likeness (QED) is 0.709. The van der Waals surface area contributed by atoms with Crippen molar-refractivity contribution in [3.05, 3.63) is 83.0 Å². The minimum absolute atomic E-state index is 0.0620. The van der Waals surface area contributed by atoms with E-state index in [1.54, 1.807) is 36.4 Å². The van der Waals surface area contributed by atoms with Gasteiger partial charge in [-0.3, -0.25) is 9.89 Å². The molecule has 138 valence electrons. The van der Waals surface area contributed by atoms with Gasteiger partial charge in [0.15, 0.2) is 0 Å². The number of aromatic nitrogens is 2. The molecule has 7 nitrogen and oxygen atoms in total. The van der Waals surface area contributed by atoms with Crippen LogP contribution in [-0.4, -0.2) is 28.8 Å². The molecule has 2 aromatic carbocycles. The topological polar surface area (TPSA) is 95.2 Å². The summed E-state index contributed by atoms with van der Waals surface area (Å²) in [6.07, 6.45) is 0. The molecule has 1 amide bonds. The van der Waals surface area contributed by atoms with Crippen LogP contribution in [0.3, 0.4) is 0 Å². The zero-order valence-electron chi connectivity index (χ0n) is 14.4. The molecule has 0 bridgehead atoms. The van der Waals surface area contributed by atoms with E-state index in [-0.39, 0.29) is 24.7 Å². The average Bonchev–Trinajstić information content (AvgIpc) is 3.25. The zero-order chi connectivity index (χ0) is 18.9. The van der Waals surface area contributed by atoms with Gasteiger partial charge in [-0.2, -0.15) is 9.40 Å². The van der Waals surface area contributed by atoms with Crippen molar-refractivity contribution in [2.45, 2.75) is 18.8 Å². The van der Waals surface area contributed by atoms with E-state index < -0.39 is 10.0 Å². The van der Waals surface area contributed by atoms with Gasteiger partial charge in [0.25, 0.3) is 5.91 Å². The van der Waals surface area contributed by atoms with Crippen molar-refractivity contribution in [2.75, 3.05) is 5.32 Å². The lowest BCUT2D eigenvalue weighted by atomic mass is 10.2. The van der Waals surface area contributed by atoms with Gasteiger partial charge in [0.2, 0.25) is 10.0 Å². The van der Waals surface area contributed by atoms with Gasteiger partial charge >= 0.3 is 0 Å². The predicted octanol–water partition coefficient (Wildman–Crippen LogP) is 2.51. The van der Waals surface area contributed by atoms with Crippen molar-refractivity contribution in [3.8, 4) is 0 Å². The molecule has 2 N–H and O–H groups in total. The number of hydrogen-bond donors (Lipinski definition) is 2. The SMILES string of the molecule is O=C(Nc1[nH]nc2c1CN(S(=O)(=O)Cc1ccccc1)C2)c1ccccc1. The molecule has 0 saturated carbocycles. The number of carbonyl (C=O) groups is 1. The molecular formula is C19H18N4O3S. The van der Waals surface area contributed by atoms with Crippen molar-refractivity contribution < 1.29 is 13.2 Å². The summed E-state index contributed by atoms with van der Waals surface area (Å²) in [5, 5.41) is 9.75. The fraction of sp³-hybridized carbons (Fsp3) is 0.158. The summed E-state index contributed by atoms with van der Waals surface area (Å²) in [5.74, 6) is 0.108. The highest BCUT2D eigenvalue weighted by molar-refractivity contribution is 7.88. The Morgan fingerprint density at radius 1 is 1.04 bits per heavy atom. The molecule has 0 atom stereocenters. The third-order valence-electron chi connectivity index (χ3n) is 4.47. The number of sulfonamides is 1. The summed E-state index contributed by atoms with van der Waals surface area (Å²) >= 11 is 0. The van der Waals surface area contributed by atoms with Crippen molar-refractivity contribution >= 4 is 21.7 Å². The van der Waals surface area contributed by atoms with Crippen molar-refractivity contribution in [1.29, 1.82) is 0 Å². The minimum atomic E-state index is -3.48. The van der Waals surface area contributed by atoms with E-state index in [9.17, 15) is 13.2 Å². The largest absolute Gasteiger partial charge is 0.307 e.